The van der Waals surface area contributed by atoms with Gasteiger partial charge in [-0.05, 0) is 64.2 Å². The smallest absolute Gasteiger partial charge is 0.407 e. The van der Waals surface area contributed by atoms with Crippen molar-refractivity contribution in [3.05, 3.63) is 54.7 Å². The molecule has 4 rings (SSSR count). The van der Waals surface area contributed by atoms with Gasteiger partial charge in [0.25, 0.3) is 0 Å². The number of benzene rings is 1. The number of carbonyl (C=O) groups excluding carboxylic acids is 1. The maximum absolute atomic E-state index is 14.0. The number of hydrogen-bond donors (Lipinski definition) is 1. The molecule has 3 aromatic rings. The molecule has 0 aliphatic heterocycles. The largest absolute Gasteiger partial charge is 0.463 e. The molecule has 1 N–H and O–H groups in total. The Labute approximate surface area is 192 Å². The molecule has 2 heterocycles. The zero-order valence-corrected chi connectivity index (χ0v) is 19.0. The Hall–Kier alpha value is -3.49. The van der Waals surface area contributed by atoms with E-state index in [4.69, 9.17) is 9.47 Å². The van der Waals surface area contributed by atoms with Gasteiger partial charge in [0, 0.05) is 24.0 Å². The minimum absolute atomic E-state index is 0.0740. The van der Waals surface area contributed by atoms with Crippen LogP contribution >= 0.6 is 0 Å². The molecule has 0 spiro atoms. The van der Waals surface area contributed by atoms with Crippen molar-refractivity contribution in [1.29, 1.82) is 0 Å². The maximum atomic E-state index is 14.0. The fourth-order valence-corrected chi connectivity index (χ4v) is 3.82. The van der Waals surface area contributed by atoms with Crippen molar-refractivity contribution in [3.63, 3.8) is 0 Å². The first kappa shape index (κ1) is 22.7. The van der Waals surface area contributed by atoms with Gasteiger partial charge in [0.15, 0.2) is 0 Å². The lowest BCUT2D eigenvalue weighted by Crippen LogP contribution is -2.38. The number of aromatic nitrogens is 4. The maximum Gasteiger partial charge on any atom is 0.407 e. The van der Waals surface area contributed by atoms with Gasteiger partial charge in [0.2, 0.25) is 0 Å². The lowest BCUT2D eigenvalue weighted by molar-refractivity contribution is 0.0503. The molecular formula is C24H28FN5O3. The van der Waals surface area contributed by atoms with Crippen molar-refractivity contribution >= 4 is 6.09 Å². The van der Waals surface area contributed by atoms with Crippen molar-refractivity contribution in [1.82, 2.24) is 25.1 Å². The zero-order chi connectivity index (χ0) is 23.4. The third-order valence-electron chi connectivity index (χ3n) is 5.32. The summed E-state index contributed by atoms with van der Waals surface area (Å²) in [6.45, 7) is 6.00. The highest BCUT2D eigenvalue weighted by atomic mass is 19.1. The fraction of sp³-hybridized carbons (Fsp3) is 0.417. The molecule has 1 aliphatic carbocycles. The number of nitrogens with zero attached hydrogens (tertiary/aromatic N) is 4. The van der Waals surface area contributed by atoms with Crippen LogP contribution in [0.3, 0.4) is 0 Å². The molecule has 1 aliphatic rings. The van der Waals surface area contributed by atoms with Gasteiger partial charge in [-0.1, -0.05) is 12.1 Å². The van der Waals surface area contributed by atoms with Gasteiger partial charge in [-0.25, -0.2) is 18.9 Å². The molecule has 1 saturated carbocycles. The highest BCUT2D eigenvalue weighted by Gasteiger charge is 2.28. The van der Waals surface area contributed by atoms with Crippen LogP contribution in [0.15, 0.2) is 48.9 Å². The van der Waals surface area contributed by atoms with Gasteiger partial charge in [-0.2, -0.15) is 10.1 Å². The second-order valence-corrected chi connectivity index (χ2v) is 9.18. The number of ether oxygens (including phenoxy) is 2. The minimum Gasteiger partial charge on any atom is -0.463 e. The van der Waals surface area contributed by atoms with E-state index in [-0.39, 0.29) is 24.0 Å². The molecule has 8 nitrogen and oxygen atoms in total. The number of nitrogens with one attached hydrogen (secondary N) is 1. The minimum atomic E-state index is -0.515. The van der Waals surface area contributed by atoms with E-state index in [2.05, 4.69) is 20.4 Å². The number of halogens is 1. The lowest BCUT2D eigenvalue weighted by atomic mass is 10.1. The van der Waals surface area contributed by atoms with E-state index in [0.717, 1.165) is 24.8 Å². The Balaban J connectivity index is 1.32. The lowest BCUT2D eigenvalue weighted by Gasteiger charge is -2.21. The van der Waals surface area contributed by atoms with Crippen LogP contribution in [0.1, 0.15) is 40.0 Å². The number of para-hydroxylation sites is 1. The summed E-state index contributed by atoms with van der Waals surface area (Å²) >= 11 is 0. The third kappa shape index (κ3) is 6.06. The van der Waals surface area contributed by atoms with Crippen LogP contribution in [0.2, 0.25) is 0 Å². The van der Waals surface area contributed by atoms with E-state index in [0.29, 0.717) is 23.9 Å². The quantitative estimate of drug-likeness (QED) is 0.589. The Morgan fingerprint density at radius 2 is 2.06 bits per heavy atom. The van der Waals surface area contributed by atoms with Gasteiger partial charge in [-0.3, -0.25) is 0 Å². The Morgan fingerprint density at radius 1 is 1.24 bits per heavy atom. The normalized spacial score (nSPS) is 18.2. The van der Waals surface area contributed by atoms with Crippen molar-refractivity contribution < 1.29 is 18.7 Å². The van der Waals surface area contributed by atoms with Crippen LogP contribution in [-0.2, 0) is 4.74 Å². The molecule has 0 unspecified atom stereocenters. The predicted molar refractivity (Wildman–Crippen MR) is 121 cm³/mol. The van der Waals surface area contributed by atoms with Crippen molar-refractivity contribution in [2.75, 3.05) is 6.61 Å². The summed E-state index contributed by atoms with van der Waals surface area (Å²) < 4.78 is 26.7. The average Bonchev–Trinajstić information content (AvgIpc) is 3.41. The Morgan fingerprint density at radius 3 is 2.85 bits per heavy atom. The van der Waals surface area contributed by atoms with E-state index in [9.17, 15) is 9.18 Å². The highest BCUT2D eigenvalue weighted by molar-refractivity contribution is 5.68. The summed E-state index contributed by atoms with van der Waals surface area (Å²) in [4.78, 5) is 20.6. The first-order valence-electron chi connectivity index (χ1n) is 11.0. The molecule has 0 saturated heterocycles. The average molecular weight is 454 g/mol. The third-order valence-corrected chi connectivity index (χ3v) is 5.32. The Kier molecular flexibility index (Phi) is 6.57. The summed E-state index contributed by atoms with van der Waals surface area (Å²) in [5.41, 5.74) is 1.22. The molecule has 9 heteroatoms. The predicted octanol–water partition coefficient (Wildman–Crippen LogP) is 4.54. The number of hydrogen-bond acceptors (Lipinski definition) is 6. The summed E-state index contributed by atoms with van der Waals surface area (Å²) in [6, 6.07) is 8.55. The molecule has 33 heavy (non-hydrogen) atoms. The topological polar surface area (TPSA) is 91.2 Å². The van der Waals surface area contributed by atoms with Crippen molar-refractivity contribution in [3.8, 4) is 23.0 Å². The van der Waals surface area contributed by atoms with Crippen LogP contribution in [0.4, 0.5) is 9.18 Å². The second kappa shape index (κ2) is 9.56. The number of amides is 1. The van der Waals surface area contributed by atoms with Crippen LogP contribution in [0, 0.1) is 11.7 Å². The summed E-state index contributed by atoms with van der Waals surface area (Å²) in [5.74, 6) is -0.0594. The van der Waals surface area contributed by atoms with E-state index in [1.54, 1.807) is 42.9 Å². The molecule has 1 fully saturated rings. The molecule has 0 bridgehead atoms. The standard InChI is InChI=1S/C24H28FN5O3/c1-24(2,3)33-23(31)28-18-9-8-16(12-18)15-32-22-26-11-10-20(29-22)17-13-27-30(14-17)21-7-5-4-6-19(21)25/h4-7,10-11,13-14,16,18H,8-9,12,15H2,1-3H3,(H,28,31)/t16-,18+/m0/s1. The second-order valence-electron chi connectivity index (χ2n) is 9.18. The first-order valence-corrected chi connectivity index (χ1v) is 11.0. The van der Waals surface area contributed by atoms with Crippen LogP contribution in [0.25, 0.3) is 16.9 Å². The number of alkyl carbamates (subject to hydrolysis) is 1. The van der Waals surface area contributed by atoms with Crippen LogP contribution in [-0.4, -0.2) is 44.1 Å². The first-order chi connectivity index (χ1) is 15.8. The molecule has 1 aromatic carbocycles. The van der Waals surface area contributed by atoms with Gasteiger partial charge < -0.3 is 14.8 Å². The number of carbonyl (C=O) groups is 1. The molecule has 1 amide bonds. The van der Waals surface area contributed by atoms with Crippen molar-refractivity contribution in [2.24, 2.45) is 5.92 Å². The molecular weight excluding hydrogens is 425 g/mol. The van der Waals surface area contributed by atoms with Gasteiger partial charge in [-0.15, -0.1) is 0 Å². The van der Waals surface area contributed by atoms with E-state index >= 15 is 0 Å². The van der Waals surface area contributed by atoms with Crippen molar-refractivity contribution in [2.45, 2.75) is 51.7 Å². The summed E-state index contributed by atoms with van der Waals surface area (Å²) in [6.07, 6.45) is 7.21. The summed E-state index contributed by atoms with van der Waals surface area (Å²) in [5, 5.41) is 7.18. The van der Waals surface area contributed by atoms with Gasteiger partial charge in [0.05, 0.1) is 18.5 Å². The Bertz CT molecular complexity index is 1110. The van der Waals surface area contributed by atoms with Gasteiger partial charge >= 0.3 is 12.1 Å². The SMILES string of the molecule is CC(C)(C)OC(=O)N[C@@H]1CC[C@H](COc2nccc(-c3cnn(-c4ccccc4F)c3)n2)C1. The fourth-order valence-electron chi connectivity index (χ4n) is 3.82. The molecule has 0 radical (unpaired) electrons. The van der Waals surface area contributed by atoms with Gasteiger partial charge in [0.1, 0.15) is 17.1 Å². The monoisotopic (exact) mass is 453 g/mol. The number of rotatable bonds is 6. The summed E-state index contributed by atoms with van der Waals surface area (Å²) in [7, 11) is 0. The van der Waals surface area contributed by atoms with Crippen LogP contribution in [0.5, 0.6) is 6.01 Å². The zero-order valence-electron chi connectivity index (χ0n) is 19.0. The van der Waals surface area contributed by atoms with E-state index in [1.807, 2.05) is 20.8 Å². The highest BCUT2D eigenvalue weighted by Crippen LogP contribution is 2.27. The van der Waals surface area contributed by atoms with E-state index < -0.39 is 5.60 Å². The molecule has 2 atom stereocenters. The molecule has 174 valence electrons. The molecule has 2 aromatic heterocycles. The van der Waals surface area contributed by atoms with Crippen LogP contribution < -0.4 is 10.1 Å². The van der Waals surface area contributed by atoms with E-state index in [1.165, 1.54) is 10.7 Å².